The number of hydrogen-bond donors (Lipinski definition) is 2. The highest BCUT2D eigenvalue weighted by Crippen LogP contribution is 2.33. The minimum Gasteiger partial charge on any atom is -0.355 e. The first-order valence-electron chi connectivity index (χ1n) is 9.22. The Bertz CT molecular complexity index is 1090. The Morgan fingerprint density at radius 1 is 1.10 bits per heavy atom. The zero-order valence-corrected chi connectivity index (χ0v) is 15.6. The van der Waals surface area contributed by atoms with Gasteiger partial charge in [-0.15, -0.1) is 5.10 Å². The van der Waals surface area contributed by atoms with Crippen molar-refractivity contribution in [1.29, 1.82) is 0 Å². The monoisotopic (exact) mass is 414 g/mol. The third-order valence-electron chi connectivity index (χ3n) is 4.80. The zero-order chi connectivity index (χ0) is 21.3. The number of hydrogen-bond acceptors (Lipinski definition) is 3. The molecule has 0 aliphatic carbocycles. The second kappa shape index (κ2) is 7.66. The Kier molecular flexibility index (Phi) is 5.03. The summed E-state index contributed by atoms with van der Waals surface area (Å²) in [6, 6.07) is 15.3. The molecule has 1 aliphatic heterocycles. The second-order valence-electron chi connectivity index (χ2n) is 6.94. The predicted octanol–water partition coefficient (Wildman–Crippen LogP) is 3.63. The Balaban J connectivity index is 1.72. The van der Waals surface area contributed by atoms with E-state index in [1.807, 2.05) is 6.07 Å². The lowest BCUT2D eigenvalue weighted by atomic mass is 10.1. The summed E-state index contributed by atoms with van der Waals surface area (Å²) in [4.78, 5) is 23.8. The van der Waals surface area contributed by atoms with Crippen molar-refractivity contribution in [2.24, 2.45) is 5.92 Å². The van der Waals surface area contributed by atoms with Gasteiger partial charge < -0.3 is 10.6 Å². The molecule has 2 amide bonds. The van der Waals surface area contributed by atoms with Crippen LogP contribution in [-0.4, -0.2) is 28.1 Å². The molecule has 2 aromatic carbocycles. The van der Waals surface area contributed by atoms with E-state index in [9.17, 15) is 22.8 Å². The highest BCUT2D eigenvalue weighted by molar-refractivity contribution is 5.97. The molecule has 30 heavy (non-hydrogen) atoms. The van der Waals surface area contributed by atoms with E-state index in [4.69, 9.17) is 0 Å². The zero-order valence-electron chi connectivity index (χ0n) is 15.6. The molecule has 6 nitrogen and oxygen atoms in total. The van der Waals surface area contributed by atoms with Crippen LogP contribution in [0.5, 0.6) is 0 Å². The molecular weight excluding hydrogens is 397 g/mol. The van der Waals surface area contributed by atoms with Gasteiger partial charge in [0.2, 0.25) is 11.8 Å². The van der Waals surface area contributed by atoms with Crippen LogP contribution >= 0.6 is 0 Å². The van der Waals surface area contributed by atoms with Gasteiger partial charge in [0.25, 0.3) is 0 Å². The maximum Gasteiger partial charge on any atom is 0.416 e. The molecule has 9 heteroatoms. The molecule has 0 radical (unpaired) electrons. The minimum absolute atomic E-state index is 0.0890. The molecule has 0 bridgehead atoms. The van der Waals surface area contributed by atoms with Gasteiger partial charge in [-0.1, -0.05) is 30.3 Å². The summed E-state index contributed by atoms with van der Waals surface area (Å²) in [5.41, 5.74) is 0.549. The first kappa shape index (κ1) is 19.7. The number of rotatable bonds is 4. The van der Waals surface area contributed by atoms with Crippen LogP contribution in [0.15, 0.2) is 60.7 Å². The molecule has 1 aromatic heterocycles. The van der Waals surface area contributed by atoms with Crippen LogP contribution in [0.1, 0.15) is 12.0 Å². The number of carbonyl (C=O) groups is 2. The average molecular weight is 414 g/mol. The van der Waals surface area contributed by atoms with Crippen molar-refractivity contribution >= 4 is 17.6 Å². The van der Waals surface area contributed by atoms with E-state index in [0.717, 1.165) is 12.1 Å². The smallest absolute Gasteiger partial charge is 0.355 e. The molecule has 3 aromatic rings. The Labute approximate surface area is 169 Å². The first-order valence-corrected chi connectivity index (χ1v) is 9.22. The third kappa shape index (κ3) is 4.05. The number of amides is 2. The second-order valence-corrected chi connectivity index (χ2v) is 6.94. The molecule has 0 saturated carbocycles. The molecule has 1 fully saturated rings. The van der Waals surface area contributed by atoms with Crippen LogP contribution in [0, 0.1) is 5.92 Å². The average Bonchev–Trinajstić information content (AvgIpc) is 3.35. The van der Waals surface area contributed by atoms with E-state index in [0.29, 0.717) is 16.9 Å². The summed E-state index contributed by atoms with van der Waals surface area (Å²) < 4.78 is 41.0. The predicted molar refractivity (Wildman–Crippen MR) is 104 cm³/mol. The number of alkyl halides is 3. The van der Waals surface area contributed by atoms with Crippen molar-refractivity contribution in [3.05, 3.63) is 66.2 Å². The summed E-state index contributed by atoms with van der Waals surface area (Å²) in [7, 11) is 0. The topological polar surface area (TPSA) is 76.0 Å². The highest BCUT2D eigenvalue weighted by Gasteiger charge is 2.31. The van der Waals surface area contributed by atoms with E-state index in [1.165, 1.54) is 16.8 Å². The van der Waals surface area contributed by atoms with Gasteiger partial charge in [-0.25, -0.2) is 4.68 Å². The van der Waals surface area contributed by atoms with E-state index in [1.54, 1.807) is 30.3 Å². The summed E-state index contributed by atoms with van der Waals surface area (Å²) in [5.74, 6) is -0.900. The molecule has 2 heterocycles. The van der Waals surface area contributed by atoms with E-state index in [2.05, 4.69) is 15.7 Å². The van der Waals surface area contributed by atoms with E-state index >= 15 is 0 Å². The van der Waals surface area contributed by atoms with Crippen LogP contribution in [0.4, 0.5) is 19.0 Å². The van der Waals surface area contributed by atoms with Crippen molar-refractivity contribution in [2.45, 2.75) is 12.6 Å². The normalized spacial score (nSPS) is 16.4. The summed E-state index contributed by atoms with van der Waals surface area (Å²) in [6.45, 7) is 0.241. The summed E-state index contributed by atoms with van der Waals surface area (Å²) in [5, 5.41) is 9.63. The number of para-hydroxylation sites is 1. The Morgan fingerprint density at radius 2 is 1.87 bits per heavy atom. The van der Waals surface area contributed by atoms with Crippen molar-refractivity contribution in [3.8, 4) is 16.9 Å². The number of aromatic nitrogens is 2. The van der Waals surface area contributed by atoms with Crippen molar-refractivity contribution in [3.63, 3.8) is 0 Å². The fourth-order valence-corrected chi connectivity index (χ4v) is 3.29. The van der Waals surface area contributed by atoms with E-state index < -0.39 is 17.7 Å². The number of halogens is 3. The molecule has 1 unspecified atom stereocenters. The van der Waals surface area contributed by atoms with Gasteiger partial charge in [-0.2, -0.15) is 13.2 Å². The van der Waals surface area contributed by atoms with Crippen LogP contribution in [0.3, 0.4) is 0 Å². The molecule has 0 spiro atoms. The van der Waals surface area contributed by atoms with Gasteiger partial charge in [-0.05, 0) is 24.3 Å². The number of nitrogens with one attached hydrogen (secondary N) is 2. The molecule has 1 saturated heterocycles. The molecule has 1 atom stereocenters. The lowest BCUT2D eigenvalue weighted by Gasteiger charge is -2.10. The van der Waals surface area contributed by atoms with Gasteiger partial charge in [0.15, 0.2) is 5.82 Å². The van der Waals surface area contributed by atoms with Crippen molar-refractivity contribution in [1.82, 2.24) is 15.1 Å². The maximum atomic E-state index is 13.2. The van der Waals surface area contributed by atoms with E-state index in [-0.39, 0.29) is 30.6 Å². The van der Waals surface area contributed by atoms with Gasteiger partial charge >= 0.3 is 6.18 Å². The number of nitrogens with zero attached hydrogens (tertiary/aromatic N) is 2. The molecule has 4 rings (SSSR count). The lowest BCUT2D eigenvalue weighted by molar-refractivity contribution is -0.137. The van der Waals surface area contributed by atoms with Crippen LogP contribution in [0.2, 0.25) is 0 Å². The van der Waals surface area contributed by atoms with Gasteiger partial charge in [0.05, 0.1) is 22.9 Å². The third-order valence-corrected chi connectivity index (χ3v) is 4.80. The molecule has 154 valence electrons. The number of carbonyl (C=O) groups excluding carboxylic acids is 2. The largest absolute Gasteiger partial charge is 0.416 e. The fraction of sp³-hybridized carbons (Fsp3) is 0.190. The molecule has 2 N–H and O–H groups in total. The Hall–Kier alpha value is -3.62. The minimum atomic E-state index is -4.48. The Morgan fingerprint density at radius 3 is 2.53 bits per heavy atom. The summed E-state index contributed by atoms with van der Waals surface area (Å²) in [6.07, 6.45) is -4.39. The SMILES string of the molecule is O=C1CC(C(=O)Nc2cc(-c3cccc(C(F)(F)F)c3)n(-c3ccccc3)n2)CN1. The number of anilines is 1. The maximum absolute atomic E-state index is 13.2. The van der Waals surface area contributed by atoms with Gasteiger partial charge in [0, 0.05) is 24.6 Å². The fourth-order valence-electron chi connectivity index (χ4n) is 3.29. The molecule has 1 aliphatic rings. The quantitative estimate of drug-likeness (QED) is 0.685. The van der Waals surface area contributed by atoms with Gasteiger partial charge in [-0.3, -0.25) is 9.59 Å². The van der Waals surface area contributed by atoms with Crippen molar-refractivity contribution < 1.29 is 22.8 Å². The first-order chi connectivity index (χ1) is 14.3. The standard InChI is InChI=1S/C21H17F3N4O2/c22-21(23,24)15-6-4-5-13(9-15)17-11-18(26-20(30)14-10-19(29)25-12-14)27-28(17)16-7-2-1-3-8-16/h1-9,11,14H,10,12H2,(H,25,29)(H,26,27,30). The number of benzene rings is 2. The summed E-state index contributed by atoms with van der Waals surface area (Å²) >= 11 is 0. The van der Waals surface area contributed by atoms with Crippen molar-refractivity contribution in [2.75, 3.05) is 11.9 Å². The lowest BCUT2D eigenvalue weighted by Crippen LogP contribution is -2.24. The molecular formula is C21H17F3N4O2. The van der Waals surface area contributed by atoms with Crippen LogP contribution < -0.4 is 10.6 Å². The van der Waals surface area contributed by atoms with Gasteiger partial charge in [0.1, 0.15) is 0 Å². The highest BCUT2D eigenvalue weighted by atomic mass is 19.4. The van der Waals surface area contributed by atoms with Crippen LogP contribution in [0.25, 0.3) is 16.9 Å². The van der Waals surface area contributed by atoms with Crippen LogP contribution in [-0.2, 0) is 15.8 Å².